The second kappa shape index (κ2) is 6.13. The van der Waals surface area contributed by atoms with Gasteiger partial charge in [0.1, 0.15) is 0 Å². The summed E-state index contributed by atoms with van der Waals surface area (Å²) in [5, 5.41) is 0. The minimum Gasteiger partial charge on any atom is -0.375 e. The number of benzene rings is 1. The van der Waals surface area contributed by atoms with Crippen molar-refractivity contribution in [3.8, 4) is 0 Å². The second-order valence-corrected chi connectivity index (χ2v) is 7.07. The van der Waals surface area contributed by atoms with Gasteiger partial charge in [-0.2, -0.15) is 0 Å². The van der Waals surface area contributed by atoms with E-state index in [2.05, 4.69) is 4.72 Å². The van der Waals surface area contributed by atoms with Crippen LogP contribution in [0.5, 0.6) is 0 Å². The first-order valence-corrected chi connectivity index (χ1v) is 8.29. The van der Waals surface area contributed by atoms with Gasteiger partial charge in [-0.25, -0.2) is 13.1 Å². The van der Waals surface area contributed by atoms with E-state index in [0.29, 0.717) is 18.7 Å². The zero-order chi connectivity index (χ0) is 15.6. The Balaban J connectivity index is 2.29. The molecule has 0 saturated carbocycles. The maximum Gasteiger partial charge on any atom is 0.254 e. The number of amides is 1. The molecule has 2 atom stereocenters. The quantitative estimate of drug-likeness (QED) is 0.897. The number of hydrogen-bond acceptors (Lipinski definition) is 4. The van der Waals surface area contributed by atoms with Crippen LogP contribution in [-0.4, -0.2) is 51.6 Å². The van der Waals surface area contributed by atoms with E-state index < -0.39 is 10.0 Å². The third-order valence-electron chi connectivity index (χ3n) is 3.53. The van der Waals surface area contributed by atoms with Gasteiger partial charge in [-0.3, -0.25) is 4.79 Å². The fraction of sp³-hybridized carbons (Fsp3) is 0.500. The lowest BCUT2D eigenvalue weighted by Gasteiger charge is -2.36. The van der Waals surface area contributed by atoms with E-state index in [1.807, 2.05) is 13.8 Å². The van der Waals surface area contributed by atoms with Gasteiger partial charge >= 0.3 is 0 Å². The van der Waals surface area contributed by atoms with E-state index in [1.54, 1.807) is 17.0 Å². The molecule has 21 heavy (non-hydrogen) atoms. The molecule has 7 heteroatoms. The van der Waals surface area contributed by atoms with Gasteiger partial charge in [0.25, 0.3) is 5.91 Å². The fourth-order valence-electron chi connectivity index (χ4n) is 2.27. The van der Waals surface area contributed by atoms with Crippen LogP contribution < -0.4 is 4.72 Å². The maximum atomic E-state index is 12.6. The van der Waals surface area contributed by atoms with Gasteiger partial charge in [0.15, 0.2) is 0 Å². The summed E-state index contributed by atoms with van der Waals surface area (Å²) in [4.78, 5) is 14.4. The van der Waals surface area contributed by atoms with E-state index in [9.17, 15) is 13.2 Å². The van der Waals surface area contributed by atoms with E-state index in [1.165, 1.54) is 19.2 Å². The molecule has 1 aliphatic heterocycles. The number of hydrogen-bond donors (Lipinski definition) is 1. The van der Waals surface area contributed by atoms with E-state index in [4.69, 9.17) is 4.74 Å². The summed E-state index contributed by atoms with van der Waals surface area (Å²) in [6.45, 7) is 4.82. The summed E-state index contributed by atoms with van der Waals surface area (Å²) in [5.74, 6) is -0.175. The smallest absolute Gasteiger partial charge is 0.254 e. The lowest BCUT2D eigenvalue weighted by atomic mass is 10.1. The Morgan fingerprint density at radius 3 is 2.76 bits per heavy atom. The monoisotopic (exact) mass is 312 g/mol. The molecule has 1 fully saturated rings. The van der Waals surface area contributed by atoms with Crippen LogP contribution >= 0.6 is 0 Å². The molecule has 0 spiro atoms. The van der Waals surface area contributed by atoms with Gasteiger partial charge < -0.3 is 9.64 Å². The number of carbonyl (C=O) groups excluding carboxylic acids is 1. The predicted octanol–water partition coefficient (Wildman–Crippen LogP) is 0.844. The summed E-state index contributed by atoms with van der Waals surface area (Å²) in [5.41, 5.74) is 0.368. The Morgan fingerprint density at radius 1 is 1.38 bits per heavy atom. The minimum atomic E-state index is -3.55. The Hall–Kier alpha value is -1.44. The second-order valence-electron chi connectivity index (χ2n) is 5.19. The molecule has 6 nitrogen and oxygen atoms in total. The predicted molar refractivity (Wildman–Crippen MR) is 78.6 cm³/mol. The molecule has 0 unspecified atom stereocenters. The Kier molecular flexibility index (Phi) is 4.65. The van der Waals surface area contributed by atoms with Crippen LogP contribution in [0.15, 0.2) is 29.2 Å². The first kappa shape index (κ1) is 15.9. The molecule has 1 aliphatic rings. The standard InChI is InChI=1S/C14H20N2O4S/c1-10-9-20-11(2)8-16(10)14(17)12-5-4-6-13(7-12)21(18,19)15-3/h4-7,10-11,15H,8-9H2,1-3H3/t10-,11-/m0/s1. The van der Waals surface area contributed by atoms with Crippen LogP contribution in [0.25, 0.3) is 0 Å². The number of nitrogens with zero attached hydrogens (tertiary/aromatic N) is 1. The van der Waals surface area contributed by atoms with Gasteiger partial charge in [-0.1, -0.05) is 6.07 Å². The average molecular weight is 312 g/mol. The van der Waals surface area contributed by atoms with Crippen LogP contribution in [-0.2, 0) is 14.8 Å². The number of carbonyl (C=O) groups is 1. The molecule has 1 amide bonds. The van der Waals surface area contributed by atoms with E-state index in [0.717, 1.165) is 0 Å². The van der Waals surface area contributed by atoms with Crippen LogP contribution in [0.4, 0.5) is 0 Å². The zero-order valence-electron chi connectivity index (χ0n) is 12.4. The van der Waals surface area contributed by atoms with Gasteiger partial charge in [0.05, 0.1) is 23.6 Å². The topological polar surface area (TPSA) is 75.7 Å². The van der Waals surface area contributed by atoms with Crippen LogP contribution in [0.1, 0.15) is 24.2 Å². The highest BCUT2D eigenvalue weighted by Crippen LogP contribution is 2.18. The van der Waals surface area contributed by atoms with Crippen LogP contribution in [0, 0.1) is 0 Å². The Bertz CT molecular complexity index is 630. The molecule has 1 aromatic carbocycles. The van der Waals surface area contributed by atoms with Crippen molar-refractivity contribution in [2.24, 2.45) is 0 Å². The van der Waals surface area contributed by atoms with Crippen molar-refractivity contribution in [3.05, 3.63) is 29.8 Å². The number of sulfonamides is 1. The molecule has 0 aromatic heterocycles. The molecule has 2 rings (SSSR count). The van der Waals surface area contributed by atoms with Gasteiger partial charge in [0, 0.05) is 12.1 Å². The number of ether oxygens (including phenoxy) is 1. The zero-order valence-corrected chi connectivity index (χ0v) is 13.2. The van der Waals surface area contributed by atoms with Crippen molar-refractivity contribution >= 4 is 15.9 Å². The molecule has 1 saturated heterocycles. The maximum absolute atomic E-state index is 12.6. The molecule has 116 valence electrons. The molecular weight excluding hydrogens is 292 g/mol. The van der Waals surface area contributed by atoms with Gasteiger partial charge in [-0.05, 0) is 39.1 Å². The summed E-state index contributed by atoms with van der Waals surface area (Å²) >= 11 is 0. The highest BCUT2D eigenvalue weighted by molar-refractivity contribution is 7.89. The SMILES string of the molecule is CNS(=O)(=O)c1cccc(C(=O)N2C[C@H](C)OC[C@@H]2C)c1. The van der Waals surface area contributed by atoms with E-state index >= 15 is 0 Å². The van der Waals surface area contributed by atoms with Crippen molar-refractivity contribution in [2.45, 2.75) is 30.9 Å². The molecule has 0 bridgehead atoms. The summed E-state index contributed by atoms with van der Waals surface area (Å²) in [7, 11) is -2.21. The normalized spacial score (nSPS) is 23.1. The van der Waals surface area contributed by atoms with Crippen molar-refractivity contribution in [3.63, 3.8) is 0 Å². The van der Waals surface area contributed by atoms with Crippen molar-refractivity contribution in [1.82, 2.24) is 9.62 Å². The molecular formula is C14H20N2O4S. The molecule has 1 aromatic rings. The highest BCUT2D eigenvalue weighted by atomic mass is 32.2. The van der Waals surface area contributed by atoms with Crippen LogP contribution in [0.3, 0.4) is 0 Å². The number of morpholine rings is 1. The lowest BCUT2D eigenvalue weighted by molar-refractivity contribution is -0.0387. The average Bonchev–Trinajstić information content (AvgIpc) is 2.49. The fourth-order valence-corrected chi connectivity index (χ4v) is 3.04. The highest BCUT2D eigenvalue weighted by Gasteiger charge is 2.28. The van der Waals surface area contributed by atoms with Gasteiger partial charge in [0.2, 0.25) is 10.0 Å². The van der Waals surface area contributed by atoms with Crippen molar-refractivity contribution in [1.29, 1.82) is 0 Å². The number of nitrogens with one attached hydrogen (secondary N) is 1. The Morgan fingerprint density at radius 2 is 2.10 bits per heavy atom. The molecule has 0 radical (unpaired) electrons. The minimum absolute atomic E-state index is 0.0191. The summed E-state index contributed by atoms with van der Waals surface area (Å²) in [6, 6.07) is 6.04. The lowest BCUT2D eigenvalue weighted by Crippen LogP contribution is -2.50. The van der Waals surface area contributed by atoms with Gasteiger partial charge in [-0.15, -0.1) is 0 Å². The third-order valence-corrected chi connectivity index (χ3v) is 4.94. The third kappa shape index (κ3) is 3.42. The summed E-state index contributed by atoms with van der Waals surface area (Å²) in [6.07, 6.45) is -0.0191. The number of rotatable bonds is 3. The molecule has 1 heterocycles. The van der Waals surface area contributed by atoms with Crippen LogP contribution in [0.2, 0.25) is 0 Å². The largest absolute Gasteiger partial charge is 0.375 e. The summed E-state index contributed by atoms with van der Waals surface area (Å²) < 4.78 is 31.4. The first-order chi connectivity index (χ1) is 9.85. The molecule has 0 aliphatic carbocycles. The Labute approximate surface area is 125 Å². The first-order valence-electron chi connectivity index (χ1n) is 6.81. The van der Waals surface area contributed by atoms with Crippen molar-refractivity contribution < 1.29 is 17.9 Å². The molecule has 1 N–H and O–H groups in total. The van der Waals surface area contributed by atoms with Crippen molar-refractivity contribution in [2.75, 3.05) is 20.2 Å². The van der Waals surface area contributed by atoms with E-state index in [-0.39, 0.29) is 22.9 Å².